The van der Waals surface area contributed by atoms with Crippen molar-refractivity contribution < 1.29 is 19.1 Å². The first-order valence-corrected chi connectivity index (χ1v) is 14.9. The van der Waals surface area contributed by atoms with Crippen molar-refractivity contribution in [1.82, 2.24) is 10.3 Å². The van der Waals surface area contributed by atoms with E-state index in [0.717, 1.165) is 10.5 Å². The summed E-state index contributed by atoms with van der Waals surface area (Å²) in [6.07, 6.45) is 4.79. The lowest BCUT2D eigenvalue weighted by atomic mass is 10.1. The van der Waals surface area contributed by atoms with Crippen LogP contribution in [0.5, 0.6) is 5.75 Å². The van der Waals surface area contributed by atoms with Crippen molar-refractivity contribution in [2.45, 2.75) is 10.1 Å². The molecule has 1 heterocycles. The lowest BCUT2D eigenvalue weighted by molar-refractivity contribution is -0.116. The number of methoxy groups -OCH3 is 1. The highest BCUT2D eigenvalue weighted by molar-refractivity contribution is 8.00. The molecule has 0 saturated heterocycles. The van der Waals surface area contributed by atoms with Gasteiger partial charge in [-0.1, -0.05) is 66.7 Å². The highest BCUT2D eigenvalue weighted by atomic mass is 32.2. The number of nitrogens with zero attached hydrogens (tertiary/aromatic N) is 1. The van der Waals surface area contributed by atoms with Crippen LogP contribution in [0.25, 0.3) is 6.08 Å². The number of thioether (sulfide) groups is 1. The number of hydrogen-bond acceptors (Lipinski definition) is 6. The van der Waals surface area contributed by atoms with Crippen LogP contribution in [-0.2, 0) is 9.59 Å². The van der Waals surface area contributed by atoms with E-state index in [2.05, 4.69) is 20.9 Å². The number of carbonyl (C=O) groups is 3. The molecule has 1 atom stereocenters. The van der Waals surface area contributed by atoms with Crippen LogP contribution in [0, 0.1) is 0 Å². The van der Waals surface area contributed by atoms with E-state index in [4.69, 9.17) is 4.74 Å². The van der Waals surface area contributed by atoms with E-state index in [0.29, 0.717) is 28.3 Å². The van der Waals surface area contributed by atoms with Crippen LogP contribution in [-0.4, -0.2) is 29.8 Å². The van der Waals surface area contributed by atoms with Gasteiger partial charge in [-0.15, -0.1) is 11.8 Å². The minimum Gasteiger partial charge on any atom is -0.495 e. The number of para-hydroxylation sites is 2. The Labute approximate surface area is 265 Å². The molecule has 3 amide bonds. The summed E-state index contributed by atoms with van der Waals surface area (Å²) >= 11 is 1.38. The number of amides is 3. The van der Waals surface area contributed by atoms with Crippen molar-refractivity contribution >= 4 is 46.9 Å². The highest BCUT2D eigenvalue weighted by Gasteiger charge is 2.23. The third kappa shape index (κ3) is 8.46. The lowest BCUT2D eigenvalue weighted by Crippen LogP contribution is -2.30. The summed E-state index contributed by atoms with van der Waals surface area (Å²) in [6.45, 7) is 0. The van der Waals surface area contributed by atoms with Gasteiger partial charge in [-0.2, -0.15) is 0 Å². The third-order valence-electron chi connectivity index (χ3n) is 6.60. The van der Waals surface area contributed by atoms with Crippen LogP contribution >= 0.6 is 11.8 Å². The van der Waals surface area contributed by atoms with Gasteiger partial charge < -0.3 is 20.7 Å². The van der Waals surface area contributed by atoms with Gasteiger partial charge in [0, 0.05) is 28.5 Å². The summed E-state index contributed by atoms with van der Waals surface area (Å²) in [7, 11) is 1.56. The molecule has 0 spiro atoms. The maximum Gasteiger partial charge on any atom is 0.272 e. The molecule has 5 aromatic rings. The Balaban J connectivity index is 1.32. The number of ether oxygens (including phenoxy) is 1. The molecule has 0 aliphatic carbocycles. The molecule has 0 radical (unpaired) electrons. The van der Waals surface area contributed by atoms with Crippen LogP contribution in [0.4, 0.5) is 11.4 Å². The molecule has 1 aromatic heterocycles. The van der Waals surface area contributed by atoms with Crippen LogP contribution in [0.3, 0.4) is 0 Å². The summed E-state index contributed by atoms with van der Waals surface area (Å²) in [4.78, 5) is 44.7. The Morgan fingerprint density at radius 1 is 0.778 bits per heavy atom. The van der Waals surface area contributed by atoms with Crippen molar-refractivity contribution in [3.63, 3.8) is 0 Å². The number of anilines is 2. The largest absolute Gasteiger partial charge is 0.495 e. The zero-order valence-electron chi connectivity index (χ0n) is 24.3. The molecular weight excluding hydrogens is 584 g/mol. The molecule has 1 unspecified atom stereocenters. The average molecular weight is 615 g/mol. The monoisotopic (exact) mass is 614 g/mol. The predicted molar refractivity (Wildman–Crippen MR) is 178 cm³/mol. The summed E-state index contributed by atoms with van der Waals surface area (Å²) < 4.78 is 5.40. The van der Waals surface area contributed by atoms with E-state index in [-0.39, 0.29) is 11.6 Å². The molecular formula is C36H30N4O4S. The SMILES string of the molecule is COc1ccccc1NC(=O)C(Sc1ccc(NC(=O)/C(=C/c2cccnc2)NC(=O)c2ccccc2)cc1)c1ccccc1. The molecule has 0 bridgehead atoms. The maximum absolute atomic E-state index is 13.5. The molecule has 45 heavy (non-hydrogen) atoms. The Hall–Kier alpha value is -5.67. The average Bonchev–Trinajstić information content (AvgIpc) is 3.09. The summed E-state index contributed by atoms with van der Waals surface area (Å²) in [6, 6.07) is 36.1. The van der Waals surface area contributed by atoms with Crippen molar-refractivity contribution in [3.8, 4) is 5.75 Å². The molecule has 4 aromatic carbocycles. The Bertz CT molecular complexity index is 1780. The second-order valence-corrected chi connectivity index (χ2v) is 10.9. The number of nitrogens with one attached hydrogen (secondary N) is 3. The summed E-state index contributed by atoms with van der Waals surface area (Å²) in [5, 5.41) is 8.01. The molecule has 0 aliphatic heterocycles. The van der Waals surface area contributed by atoms with Gasteiger partial charge >= 0.3 is 0 Å². The zero-order valence-corrected chi connectivity index (χ0v) is 25.2. The smallest absolute Gasteiger partial charge is 0.272 e. The number of rotatable bonds is 11. The van der Waals surface area contributed by atoms with E-state index in [9.17, 15) is 14.4 Å². The minimum absolute atomic E-state index is 0.0625. The van der Waals surface area contributed by atoms with Gasteiger partial charge in [0.05, 0.1) is 12.8 Å². The fraction of sp³-hybridized carbons (Fsp3) is 0.0556. The number of hydrogen-bond donors (Lipinski definition) is 3. The second kappa shape index (κ2) is 15.2. The van der Waals surface area contributed by atoms with E-state index in [1.165, 1.54) is 11.8 Å². The standard InChI is InChI=1S/C36H30N4O4S/c1-44-32-17-9-8-16-30(32)39-36(43)33(26-12-4-2-5-13-26)45-29-20-18-28(19-21-29)38-35(42)31(23-25-11-10-22-37-24-25)40-34(41)27-14-6-3-7-15-27/h2-24,33H,1H3,(H,38,42)(H,39,43)(H,40,41)/b31-23-. The first-order chi connectivity index (χ1) is 22.0. The normalized spacial score (nSPS) is 11.6. The first kappa shape index (κ1) is 30.8. The molecule has 0 fully saturated rings. The zero-order chi connectivity index (χ0) is 31.4. The van der Waals surface area contributed by atoms with Gasteiger partial charge in [0.15, 0.2) is 0 Å². The Kier molecular flexibility index (Phi) is 10.4. The second-order valence-electron chi connectivity index (χ2n) is 9.74. The van der Waals surface area contributed by atoms with Crippen molar-refractivity contribution in [2.24, 2.45) is 0 Å². The van der Waals surface area contributed by atoms with Gasteiger partial charge in [-0.25, -0.2) is 0 Å². The van der Waals surface area contributed by atoms with Crippen molar-refractivity contribution in [3.05, 3.63) is 156 Å². The van der Waals surface area contributed by atoms with Gasteiger partial charge in [-0.3, -0.25) is 19.4 Å². The van der Waals surface area contributed by atoms with Gasteiger partial charge in [0.2, 0.25) is 5.91 Å². The Morgan fingerprint density at radius 2 is 1.47 bits per heavy atom. The fourth-order valence-corrected chi connectivity index (χ4v) is 5.39. The quantitative estimate of drug-likeness (QED) is 0.110. The van der Waals surface area contributed by atoms with Gasteiger partial charge in [-0.05, 0) is 71.8 Å². The molecule has 8 nitrogen and oxygen atoms in total. The number of carbonyl (C=O) groups excluding carboxylic acids is 3. The van der Waals surface area contributed by atoms with E-state index >= 15 is 0 Å². The van der Waals surface area contributed by atoms with Crippen molar-refractivity contribution in [2.75, 3.05) is 17.7 Å². The van der Waals surface area contributed by atoms with Gasteiger partial charge in [0.1, 0.15) is 16.7 Å². The fourth-order valence-electron chi connectivity index (χ4n) is 4.37. The highest BCUT2D eigenvalue weighted by Crippen LogP contribution is 2.37. The van der Waals surface area contributed by atoms with Gasteiger partial charge in [0.25, 0.3) is 11.8 Å². The number of aromatic nitrogens is 1. The Morgan fingerprint density at radius 3 is 2.16 bits per heavy atom. The van der Waals surface area contributed by atoms with E-state index in [1.807, 2.05) is 60.7 Å². The number of benzene rings is 4. The summed E-state index contributed by atoms with van der Waals surface area (Å²) in [5.41, 5.74) is 3.08. The predicted octanol–water partition coefficient (Wildman–Crippen LogP) is 6.97. The molecule has 0 saturated carbocycles. The van der Waals surface area contributed by atoms with Crippen LogP contribution in [0.15, 0.2) is 144 Å². The molecule has 224 valence electrons. The van der Waals surface area contributed by atoms with Crippen LogP contribution in [0.2, 0.25) is 0 Å². The molecule has 9 heteroatoms. The number of pyridine rings is 1. The van der Waals surface area contributed by atoms with Crippen LogP contribution < -0.4 is 20.7 Å². The third-order valence-corrected chi connectivity index (χ3v) is 7.86. The molecule has 5 rings (SSSR count). The maximum atomic E-state index is 13.5. The lowest BCUT2D eigenvalue weighted by Gasteiger charge is -2.18. The topological polar surface area (TPSA) is 109 Å². The van der Waals surface area contributed by atoms with Crippen molar-refractivity contribution in [1.29, 1.82) is 0 Å². The first-order valence-electron chi connectivity index (χ1n) is 14.0. The van der Waals surface area contributed by atoms with Crippen LogP contribution in [0.1, 0.15) is 26.7 Å². The molecule has 3 N–H and O–H groups in total. The molecule has 0 aliphatic rings. The van der Waals surface area contributed by atoms with E-state index in [1.54, 1.807) is 86.2 Å². The van der Waals surface area contributed by atoms with E-state index < -0.39 is 17.1 Å². The minimum atomic E-state index is -0.557. The summed E-state index contributed by atoms with van der Waals surface area (Å²) in [5.74, 6) is -0.542.